The minimum atomic E-state index is -0.681. The molecule has 1 aromatic carbocycles. The van der Waals surface area contributed by atoms with Crippen molar-refractivity contribution in [2.75, 3.05) is 32.8 Å². The van der Waals surface area contributed by atoms with Crippen molar-refractivity contribution in [3.8, 4) is 0 Å². The van der Waals surface area contributed by atoms with Gasteiger partial charge in [-0.3, -0.25) is 28.9 Å². The number of amides is 3. The molecular weight excluding hydrogens is 526 g/mol. The standard InChI is InChI=1S/C30H43N5O6/c1-30(2,3)41-29(39)34-16-12-22(13-17-34)40-19-20-10-14-33(15-11-20)18-21-6-5-7-23-26(21)32(4)28(38)35(23)24-8-9-25(36)31-27(24)37/h5-7,20,22,24H,8-19H2,1-4H3,(H,31,36,37). The Hall–Kier alpha value is -3.18. The van der Waals surface area contributed by atoms with Gasteiger partial charge >= 0.3 is 11.8 Å². The highest BCUT2D eigenvalue weighted by Gasteiger charge is 2.32. The number of carbonyl (C=O) groups is 3. The van der Waals surface area contributed by atoms with Crippen LogP contribution in [0.3, 0.4) is 0 Å². The van der Waals surface area contributed by atoms with Crippen LogP contribution in [0.4, 0.5) is 4.79 Å². The summed E-state index contributed by atoms with van der Waals surface area (Å²) in [5, 5.41) is 2.37. The summed E-state index contributed by atoms with van der Waals surface area (Å²) in [6, 6.07) is 5.19. The first-order valence-electron chi connectivity index (χ1n) is 14.8. The third-order valence-corrected chi connectivity index (χ3v) is 8.47. The lowest BCUT2D eigenvalue weighted by molar-refractivity contribution is -0.135. The maximum absolute atomic E-state index is 13.2. The number of imidazole rings is 1. The van der Waals surface area contributed by atoms with E-state index in [9.17, 15) is 19.2 Å². The lowest BCUT2D eigenvalue weighted by atomic mass is 9.97. The number of nitrogens with zero attached hydrogens (tertiary/aromatic N) is 4. The Bertz CT molecular complexity index is 1340. The zero-order valence-electron chi connectivity index (χ0n) is 24.7. The minimum absolute atomic E-state index is 0.180. The number of ether oxygens (including phenoxy) is 2. The first-order chi connectivity index (χ1) is 19.5. The van der Waals surface area contributed by atoms with Crippen LogP contribution < -0.4 is 11.0 Å². The van der Waals surface area contributed by atoms with Crippen LogP contribution in [-0.2, 0) is 32.7 Å². The molecule has 3 aliphatic heterocycles. The summed E-state index contributed by atoms with van der Waals surface area (Å²) in [6.07, 6.45) is 4.24. The highest BCUT2D eigenvalue weighted by atomic mass is 16.6. The number of hydrogen-bond acceptors (Lipinski definition) is 7. The topological polar surface area (TPSA) is 115 Å². The molecule has 11 nitrogen and oxygen atoms in total. The number of imide groups is 1. The molecule has 5 rings (SSSR count). The van der Waals surface area contributed by atoms with Crippen molar-refractivity contribution in [1.29, 1.82) is 0 Å². The largest absolute Gasteiger partial charge is 0.444 e. The van der Waals surface area contributed by atoms with E-state index >= 15 is 0 Å². The predicted molar refractivity (Wildman–Crippen MR) is 153 cm³/mol. The molecule has 3 aliphatic rings. The van der Waals surface area contributed by atoms with Crippen molar-refractivity contribution in [2.24, 2.45) is 13.0 Å². The van der Waals surface area contributed by atoms with Gasteiger partial charge in [-0.25, -0.2) is 9.59 Å². The average Bonchev–Trinajstić information content (AvgIpc) is 3.18. The van der Waals surface area contributed by atoms with E-state index in [1.165, 1.54) is 0 Å². The Morgan fingerprint density at radius 3 is 2.37 bits per heavy atom. The van der Waals surface area contributed by atoms with Gasteiger partial charge in [-0.15, -0.1) is 0 Å². The Kier molecular flexibility index (Phi) is 8.56. The molecule has 1 N–H and O–H groups in total. The number of para-hydroxylation sites is 1. The third kappa shape index (κ3) is 6.67. The van der Waals surface area contributed by atoms with Gasteiger partial charge in [0.25, 0.3) is 0 Å². The van der Waals surface area contributed by atoms with Crippen molar-refractivity contribution in [3.05, 3.63) is 34.2 Å². The third-order valence-electron chi connectivity index (χ3n) is 8.47. The van der Waals surface area contributed by atoms with Gasteiger partial charge < -0.3 is 14.4 Å². The van der Waals surface area contributed by atoms with Crippen LogP contribution in [0.25, 0.3) is 11.0 Å². The number of hydrogen-bond donors (Lipinski definition) is 1. The summed E-state index contributed by atoms with van der Waals surface area (Å²) >= 11 is 0. The molecule has 0 spiro atoms. The second kappa shape index (κ2) is 12.0. The first kappa shape index (κ1) is 29.3. The van der Waals surface area contributed by atoms with E-state index in [0.29, 0.717) is 25.4 Å². The summed E-state index contributed by atoms with van der Waals surface area (Å²) in [4.78, 5) is 53.9. The lowest BCUT2D eigenvalue weighted by Gasteiger charge is -2.35. The maximum atomic E-state index is 13.2. The van der Waals surface area contributed by atoms with E-state index in [0.717, 1.165) is 68.5 Å². The Labute approximate surface area is 240 Å². The van der Waals surface area contributed by atoms with Crippen molar-refractivity contribution in [3.63, 3.8) is 0 Å². The lowest BCUT2D eigenvalue weighted by Crippen LogP contribution is -2.44. The minimum Gasteiger partial charge on any atom is -0.444 e. The number of aryl methyl sites for hydroxylation is 1. The monoisotopic (exact) mass is 569 g/mol. The molecule has 2 aromatic rings. The molecule has 0 aliphatic carbocycles. The van der Waals surface area contributed by atoms with E-state index in [4.69, 9.17) is 9.47 Å². The molecular formula is C30H43N5O6. The van der Waals surface area contributed by atoms with Gasteiger partial charge in [0, 0.05) is 39.7 Å². The number of benzene rings is 1. The highest BCUT2D eigenvalue weighted by Crippen LogP contribution is 2.27. The van der Waals surface area contributed by atoms with Gasteiger partial charge in [0.05, 0.1) is 17.1 Å². The summed E-state index contributed by atoms with van der Waals surface area (Å²) < 4.78 is 14.9. The molecule has 0 saturated carbocycles. The molecule has 1 atom stereocenters. The number of aromatic nitrogens is 2. The molecule has 3 amide bonds. The van der Waals surface area contributed by atoms with Gasteiger partial charge in [-0.1, -0.05) is 12.1 Å². The molecule has 0 bridgehead atoms. The summed E-state index contributed by atoms with van der Waals surface area (Å²) in [5.74, 6) is -0.208. The van der Waals surface area contributed by atoms with Crippen molar-refractivity contribution in [1.82, 2.24) is 24.3 Å². The van der Waals surface area contributed by atoms with Crippen LogP contribution in [0.15, 0.2) is 23.0 Å². The van der Waals surface area contributed by atoms with Crippen LogP contribution in [0.5, 0.6) is 0 Å². The Morgan fingerprint density at radius 1 is 1.00 bits per heavy atom. The van der Waals surface area contributed by atoms with Gasteiger partial charge in [-0.2, -0.15) is 0 Å². The van der Waals surface area contributed by atoms with E-state index in [1.54, 1.807) is 21.1 Å². The molecule has 0 radical (unpaired) electrons. The molecule has 41 heavy (non-hydrogen) atoms. The maximum Gasteiger partial charge on any atom is 0.410 e. The number of rotatable bonds is 6. The summed E-state index contributed by atoms with van der Waals surface area (Å²) in [6.45, 7) is 10.3. The van der Waals surface area contributed by atoms with Crippen LogP contribution in [0.2, 0.25) is 0 Å². The van der Waals surface area contributed by atoms with Gasteiger partial charge in [0.1, 0.15) is 11.6 Å². The van der Waals surface area contributed by atoms with E-state index in [2.05, 4.69) is 16.3 Å². The quantitative estimate of drug-likeness (QED) is 0.532. The fourth-order valence-electron chi connectivity index (χ4n) is 6.23. The van der Waals surface area contributed by atoms with E-state index in [1.807, 2.05) is 32.9 Å². The van der Waals surface area contributed by atoms with Gasteiger partial charge in [-0.05, 0) is 83.5 Å². The number of carbonyl (C=O) groups excluding carboxylic acids is 3. The molecule has 11 heteroatoms. The normalized spacial score (nSPS) is 21.9. The molecule has 3 fully saturated rings. The van der Waals surface area contributed by atoms with E-state index < -0.39 is 17.6 Å². The Balaban J connectivity index is 1.13. The fourth-order valence-corrected chi connectivity index (χ4v) is 6.23. The fraction of sp³-hybridized carbons (Fsp3) is 0.667. The zero-order chi connectivity index (χ0) is 29.3. The van der Waals surface area contributed by atoms with Crippen LogP contribution in [0.1, 0.15) is 70.9 Å². The molecule has 4 heterocycles. The molecule has 224 valence electrons. The second-order valence-electron chi connectivity index (χ2n) is 12.7. The summed E-state index contributed by atoms with van der Waals surface area (Å²) in [5.41, 5.74) is 1.90. The van der Waals surface area contributed by atoms with Crippen LogP contribution in [-0.4, -0.2) is 81.3 Å². The van der Waals surface area contributed by atoms with Crippen molar-refractivity contribution in [2.45, 2.75) is 83.6 Å². The smallest absolute Gasteiger partial charge is 0.410 e. The Morgan fingerprint density at radius 2 is 1.71 bits per heavy atom. The molecule has 1 unspecified atom stereocenters. The zero-order valence-corrected chi connectivity index (χ0v) is 24.7. The average molecular weight is 570 g/mol. The molecule has 1 aromatic heterocycles. The van der Waals surface area contributed by atoms with Crippen molar-refractivity contribution < 1.29 is 23.9 Å². The van der Waals surface area contributed by atoms with E-state index in [-0.39, 0.29) is 30.2 Å². The number of fused-ring (bicyclic) bond motifs is 1. The predicted octanol–water partition coefficient (Wildman–Crippen LogP) is 2.95. The van der Waals surface area contributed by atoms with Crippen molar-refractivity contribution >= 4 is 28.9 Å². The number of piperidine rings is 3. The summed E-state index contributed by atoms with van der Waals surface area (Å²) in [7, 11) is 1.75. The number of likely N-dealkylation sites (tertiary alicyclic amines) is 2. The highest BCUT2D eigenvalue weighted by molar-refractivity contribution is 6.00. The number of nitrogens with one attached hydrogen (secondary N) is 1. The second-order valence-corrected chi connectivity index (χ2v) is 12.7. The SMILES string of the molecule is Cn1c(=O)n(C2CCC(=O)NC2=O)c2cccc(CN3CCC(COC4CCN(C(=O)OC(C)(C)C)CC4)CC3)c21. The van der Waals surface area contributed by atoms with Gasteiger partial charge in [0.2, 0.25) is 11.8 Å². The first-order valence-corrected chi connectivity index (χ1v) is 14.8. The van der Waals surface area contributed by atoms with Crippen LogP contribution >= 0.6 is 0 Å². The van der Waals surface area contributed by atoms with Gasteiger partial charge in [0.15, 0.2) is 0 Å². The van der Waals surface area contributed by atoms with Crippen LogP contribution in [0, 0.1) is 5.92 Å². The molecule has 3 saturated heterocycles.